The number of amides is 1. The molecule has 7 heteroatoms. The largest absolute Gasteiger partial charge is 0.452 e. The van der Waals surface area contributed by atoms with Crippen molar-refractivity contribution in [1.82, 2.24) is 0 Å². The molecule has 142 valence electrons. The summed E-state index contributed by atoms with van der Waals surface area (Å²) in [4.78, 5) is 26.5. The van der Waals surface area contributed by atoms with Gasteiger partial charge in [0.25, 0.3) is 5.91 Å². The number of para-hydroxylation sites is 1. The fourth-order valence-corrected chi connectivity index (χ4v) is 4.22. The van der Waals surface area contributed by atoms with Gasteiger partial charge in [-0.25, -0.2) is 13.2 Å². The topological polar surface area (TPSA) is 80.7 Å². The molecule has 0 saturated carbocycles. The summed E-state index contributed by atoms with van der Waals surface area (Å²) in [6.45, 7) is 1.64. The first-order valence-electron chi connectivity index (χ1n) is 8.81. The second-order valence-electron chi connectivity index (χ2n) is 6.25. The van der Waals surface area contributed by atoms with E-state index < -0.39 is 22.4 Å². The molecule has 2 aromatic rings. The number of carbonyl (C=O) groups is 2. The van der Waals surface area contributed by atoms with Gasteiger partial charge >= 0.3 is 5.97 Å². The fraction of sp³-hybridized carbons (Fsp3) is 0.300. The molecule has 0 fully saturated rings. The van der Waals surface area contributed by atoms with Crippen LogP contribution in [0.3, 0.4) is 0 Å². The first-order chi connectivity index (χ1) is 12.9. The third kappa shape index (κ3) is 4.03. The summed E-state index contributed by atoms with van der Waals surface area (Å²) in [5, 5.41) is 0. The van der Waals surface area contributed by atoms with Gasteiger partial charge in [-0.2, -0.15) is 0 Å². The quantitative estimate of drug-likeness (QED) is 0.737. The Kier molecular flexibility index (Phi) is 5.60. The SMILES string of the molecule is CCS(=O)(=O)c1ccccc1C(=O)OCC(=O)N1CCCc2ccccc21. The molecule has 1 aliphatic heterocycles. The van der Waals surface area contributed by atoms with Crippen LogP contribution in [-0.4, -0.2) is 39.2 Å². The zero-order valence-electron chi connectivity index (χ0n) is 15.1. The fourth-order valence-electron chi connectivity index (χ4n) is 3.14. The van der Waals surface area contributed by atoms with Crippen molar-refractivity contribution in [3.05, 3.63) is 59.7 Å². The van der Waals surface area contributed by atoms with E-state index in [4.69, 9.17) is 4.74 Å². The normalized spacial score (nSPS) is 13.7. The molecule has 1 aliphatic rings. The van der Waals surface area contributed by atoms with E-state index in [9.17, 15) is 18.0 Å². The maximum Gasteiger partial charge on any atom is 0.339 e. The summed E-state index contributed by atoms with van der Waals surface area (Å²) in [6, 6.07) is 13.5. The minimum Gasteiger partial charge on any atom is -0.452 e. The predicted octanol–water partition coefficient (Wildman–Crippen LogP) is 2.62. The van der Waals surface area contributed by atoms with Crippen molar-refractivity contribution in [3.63, 3.8) is 0 Å². The lowest BCUT2D eigenvalue weighted by atomic mass is 10.0. The highest BCUT2D eigenvalue weighted by Gasteiger charge is 2.25. The molecular weight excluding hydrogens is 366 g/mol. The first-order valence-corrected chi connectivity index (χ1v) is 10.5. The number of anilines is 1. The molecule has 3 rings (SSSR count). The number of hydrogen-bond donors (Lipinski definition) is 0. The lowest BCUT2D eigenvalue weighted by Gasteiger charge is -2.29. The van der Waals surface area contributed by atoms with Crippen molar-refractivity contribution in [2.24, 2.45) is 0 Å². The van der Waals surface area contributed by atoms with Gasteiger partial charge in [-0.3, -0.25) is 4.79 Å². The Morgan fingerprint density at radius 3 is 2.56 bits per heavy atom. The first kappa shape index (κ1) is 19.1. The van der Waals surface area contributed by atoms with Crippen LogP contribution >= 0.6 is 0 Å². The standard InChI is InChI=1S/C20H21NO5S/c1-2-27(24,25)18-12-6-4-10-16(18)20(23)26-14-19(22)21-13-7-9-15-8-3-5-11-17(15)21/h3-6,8,10-12H,2,7,9,13-14H2,1H3. The van der Waals surface area contributed by atoms with Crippen LogP contribution in [0, 0.1) is 0 Å². The monoisotopic (exact) mass is 387 g/mol. The van der Waals surface area contributed by atoms with Gasteiger partial charge in [-0.15, -0.1) is 0 Å². The van der Waals surface area contributed by atoms with Gasteiger partial charge in [0.05, 0.1) is 16.2 Å². The zero-order chi connectivity index (χ0) is 19.4. The van der Waals surface area contributed by atoms with E-state index in [0.717, 1.165) is 24.1 Å². The molecule has 0 spiro atoms. The lowest BCUT2D eigenvalue weighted by Crippen LogP contribution is -2.38. The number of sulfone groups is 1. The second-order valence-corrected chi connectivity index (χ2v) is 8.50. The minimum absolute atomic E-state index is 0.0498. The number of fused-ring (bicyclic) bond motifs is 1. The number of aryl methyl sites for hydroxylation is 1. The van der Waals surface area contributed by atoms with Gasteiger partial charge in [-0.05, 0) is 36.6 Å². The Bertz CT molecular complexity index is 968. The van der Waals surface area contributed by atoms with E-state index >= 15 is 0 Å². The highest BCUT2D eigenvalue weighted by Crippen LogP contribution is 2.26. The van der Waals surface area contributed by atoms with Crippen molar-refractivity contribution in [2.75, 3.05) is 23.8 Å². The lowest BCUT2D eigenvalue weighted by molar-refractivity contribution is -0.121. The van der Waals surface area contributed by atoms with E-state index in [2.05, 4.69) is 0 Å². The number of benzene rings is 2. The molecule has 0 bridgehead atoms. The Balaban J connectivity index is 1.73. The summed E-state index contributed by atoms with van der Waals surface area (Å²) in [5.74, 6) is -1.27. The van der Waals surface area contributed by atoms with Crippen molar-refractivity contribution in [2.45, 2.75) is 24.7 Å². The van der Waals surface area contributed by atoms with Gasteiger partial charge in [0.1, 0.15) is 0 Å². The molecule has 0 unspecified atom stereocenters. The van der Waals surface area contributed by atoms with Crippen LogP contribution in [-0.2, 0) is 25.8 Å². The molecule has 0 N–H and O–H groups in total. The summed E-state index contributed by atoms with van der Waals surface area (Å²) in [7, 11) is -3.57. The molecule has 1 amide bonds. The molecule has 0 atom stereocenters. The molecule has 0 saturated heterocycles. The number of hydrogen-bond acceptors (Lipinski definition) is 5. The Labute approximate surface area is 158 Å². The highest BCUT2D eigenvalue weighted by atomic mass is 32.2. The van der Waals surface area contributed by atoms with E-state index in [-0.39, 0.29) is 22.1 Å². The Morgan fingerprint density at radius 1 is 1.07 bits per heavy atom. The maximum atomic E-state index is 12.6. The van der Waals surface area contributed by atoms with E-state index in [0.29, 0.717) is 6.54 Å². The number of esters is 1. The van der Waals surface area contributed by atoms with Crippen LogP contribution < -0.4 is 4.90 Å². The minimum atomic E-state index is -3.57. The molecule has 0 aliphatic carbocycles. The second kappa shape index (κ2) is 7.92. The summed E-state index contributed by atoms with van der Waals surface area (Å²) >= 11 is 0. The molecule has 6 nitrogen and oxygen atoms in total. The van der Waals surface area contributed by atoms with Gasteiger partial charge in [0, 0.05) is 12.2 Å². The van der Waals surface area contributed by atoms with Crippen LogP contribution in [0.2, 0.25) is 0 Å². The van der Waals surface area contributed by atoms with E-state index in [1.807, 2.05) is 24.3 Å². The summed E-state index contributed by atoms with van der Waals surface area (Å²) in [5.41, 5.74) is 1.87. The number of rotatable bonds is 5. The van der Waals surface area contributed by atoms with Crippen LogP contribution in [0.5, 0.6) is 0 Å². The molecular formula is C20H21NO5S. The van der Waals surface area contributed by atoms with Crippen LogP contribution in [0.4, 0.5) is 5.69 Å². The van der Waals surface area contributed by atoms with Gasteiger partial charge in [0.2, 0.25) is 0 Å². The van der Waals surface area contributed by atoms with Gasteiger partial charge in [0.15, 0.2) is 16.4 Å². The molecule has 0 aromatic heterocycles. The van der Waals surface area contributed by atoms with Gasteiger partial charge < -0.3 is 9.64 Å². The van der Waals surface area contributed by atoms with Gasteiger partial charge in [-0.1, -0.05) is 37.3 Å². The average Bonchev–Trinajstić information content (AvgIpc) is 2.71. The summed E-state index contributed by atoms with van der Waals surface area (Å²) < 4.78 is 29.5. The molecule has 1 heterocycles. The van der Waals surface area contributed by atoms with Crippen LogP contribution in [0.1, 0.15) is 29.3 Å². The van der Waals surface area contributed by atoms with Crippen molar-refractivity contribution in [3.8, 4) is 0 Å². The molecule has 27 heavy (non-hydrogen) atoms. The number of ether oxygens (including phenoxy) is 1. The third-order valence-electron chi connectivity index (χ3n) is 4.56. The van der Waals surface area contributed by atoms with Crippen LogP contribution in [0.25, 0.3) is 0 Å². The third-order valence-corrected chi connectivity index (χ3v) is 6.35. The molecule has 2 aromatic carbocycles. The van der Waals surface area contributed by atoms with Crippen molar-refractivity contribution in [1.29, 1.82) is 0 Å². The maximum absolute atomic E-state index is 12.6. The van der Waals surface area contributed by atoms with E-state index in [1.165, 1.54) is 19.1 Å². The van der Waals surface area contributed by atoms with Crippen molar-refractivity contribution >= 4 is 27.4 Å². The van der Waals surface area contributed by atoms with Crippen LogP contribution in [0.15, 0.2) is 53.4 Å². The number of nitrogens with zero attached hydrogens (tertiary/aromatic N) is 1. The Hall–Kier alpha value is -2.67. The van der Waals surface area contributed by atoms with E-state index in [1.54, 1.807) is 17.0 Å². The van der Waals surface area contributed by atoms with Crippen molar-refractivity contribution < 1.29 is 22.7 Å². The summed E-state index contributed by atoms with van der Waals surface area (Å²) in [6.07, 6.45) is 1.75. The number of carbonyl (C=O) groups excluding carboxylic acids is 2. The predicted molar refractivity (Wildman–Crippen MR) is 102 cm³/mol. The smallest absolute Gasteiger partial charge is 0.339 e. The Morgan fingerprint density at radius 2 is 1.78 bits per heavy atom. The zero-order valence-corrected chi connectivity index (χ0v) is 15.9. The molecule has 0 radical (unpaired) electrons. The highest BCUT2D eigenvalue weighted by molar-refractivity contribution is 7.91. The average molecular weight is 387 g/mol.